The van der Waals surface area contributed by atoms with Gasteiger partial charge in [-0.3, -0.25) is 4.90 Å². The van der Waals surface area contributed by atoms with Crippen molar-refractivity contribution >= 4 is 37.7 Å². The number of fused-ring (bicyclic) bond motifs is 3. The molecule has 3 aromatic carbocycles. The molecule has 3 aliphatic heterocycles. The molecule has 5 atom stereocenters. The van der Waals surface area contributed by atoms with Gasteiger partial charge in [0, 0.05) is 34.9 Å². The highest BCUT2D eigenvalue weighted by Gasteiger charge is 2.58. The molecule has 3 fully saturated rings. The molecule has 3 heterocycles. The summed E-state index contributed by atoms with van der Waals surface area (Å²) in [6, 6.07) is 27.0. The summed E-state index contributed by atoms with van der Waals surface area (Å²) in [4.78, 5) is 3.06. The smallest absolute Gasteiger partial charge is 0.243 e. The van der Waals surface area contributed by atoms with Gasteiger partial charge in [-0.15, -0.1) is 11.8 Å². The molecular formula is C28H29BrN2O2S2. The van der Waals surface area contributed by atoms with Crippen LogP contribution in [0.4, 0.5) is 0 Å². The van der Waals surface area contributed by atoms with Crippen molar-refractivity contribution in [3.8, 4) is 0 Å². The first-order valence-electron chi connectivity index (χ1n) is 12.2. The van der Waals surface area contributed by atoms with E-state index in [1.165, 1.54) is 11.1 Å². The zero-order valence-corrected chi connectivity index (χ0v) is 22.8. The minimum absolute atomic E-state index is 0.0876. The second kappa shape index (κ2) is 9.34. The van der Waals surface area contributed by atoms with E-state index in [1.807, 2.05) is 53.3 Å². The molecule has 7 heteroatoms. The Balaban J connectivity index is 1.39. The Morgan fingerprint density at radius 3 is 2.40 bits per heavy atom. The lowest BCUT2D eigenvalue weighted by Gasteiger charge is -2.36. The molecule has 6 rings (SSSR count). The van der Waals surface area contributed by atoms with Crippen LogP contribution in [0.15, 0.2) is 88.2 Å². The number of sulfonamides is 1. The molecule has 0 N–H and O–H groups in total. The van der Waals surface area contributed by atoms with Crippen molar-refractivity contribution in [3.05, 3.63) is 100 Å². The van der Waals surface area contributed by atoms with Crippen LogP contribution < -0.4 is 0 Å². The number of thioether (sulfide) groups is 1. The average Bonchev–Trinajstić information content (AvgIpc) is 3.51. The summed E-state index contributed by atoms with van der Waals surface area (Å²) in [6.07, 6.45) is 1.80. The lowest BCUT2D eigenvalue weighted by Crippen LogP contribution is -2.48. The standard InChI is InChI=1S/C28H29BrN2O2S2/c1-19-7-13-25(14-8-19)35(32,33)30-17-22-16-24-18-34-28(21-9-11-23(29)12-10-21)31(24)27(22)26(30)15-20-5-3-2-4-6-20/h2-14,22,24,26-28H,15-18H2,1H3/t22-,24?,26+,27-,28+/m1/s1. The lowest BCUT2D eigenvalue weighted by molar-refractivity contribution is 0.160. The van der Waals surface area contributed by atoms with E-state index in [1.54, 1.807) is 12.1 Å². The van der Waals surface area contributed by atoms with Crippen molar-refractivity contribution in [1.29, 1.82) is 0 Å². The Morgan fingerprint density at radius 1 is 0.971 bits per heavy atom. The molecule has 35 heavy (non-hydrogen) atoms. The number of halogens is 1. The minimum Gasteiger partial charge on any atom is -0.279 e. The van der Waals surface area contributed by atoms with E-state index in [2.05, 4.69) is 57.2 Å². The number of hydrogen-bond acceptors (Lipinski definition) is 4. The summed E-state index contributed by atoms with van der Waals surface area (Å²) in [6.45, 7) is 2.59. The monoisotopic (exact) mass is 568 g/mol. The van der Waals surface area contributed by atoms with Crippen LogP contribution in [0.1, 0.15) is 28.5 Å². The van der Waals surface area contributed by atoms with Gasteiger partial charge in [-0.2, -0.15) is 4.31 Å². The first kappa shape index (κ1) is 23.7. The van der Waals surface area contributed by atoms with Gasteiger partial charge in [-0.1, -0.05) is 76.1 Å². The zero-order chi connectivity index (χ0) is 24.2. The fraction of sp³-hybridized carbons (Fsp3) is 0.357. The van der Waals surface area contributed by atoms with Gasteiger partial charge in [0.2, 0.25) is 10.0 Å². The number of nitrogens with zero attached hydrogens (tertiary/aromatic N) is 2. The van der Waals surface area contributed by atoms with Gasteiger partial charge >= 0.3 is 0 Å². The normalized spacial score (nSPS) is 28.8. The predicted octanol–water partition coefficient (Wildman–Crippen LogP) is 5.88. The Labute approximate surface area is 220 Å². The maximum atomic E-state index is 14.0. The number of aryl methyl sites for hydroxylation is 1. The minimum atomic E-state index is -3.59. The summed E-state index contributed by atoms with van der Waals surface area (Å²) in [7, 11) is -3.59. The van der Waals surface area contributed by atoms with Crippen molar-refractivity contribution < 1.29 is 8.42 Å². The topological polar surface area (TPSA) is 40.6 Å². The van der Waals surface area contributed by atoms with Crippen LogP contribution in [-0.2, 0) is 16.4 Å². The van der Waals surface area contributed by atoms with Crippen molar-refractivity contribution in [2.24, 2.45) is 5.92 Å². The van der Waals surface area contributed by atoms with Crippen LogP contribution in [0.3, 0.4) is 0 Å². The molecular weight excluding hydrogens is 540 g/mol. The summed E-state index contributed by atoms with van der Waals surface area (Å²) in [5.74, 6) is 1.46. The van der Waals surface area contributed by atoms with E-state index in [0.717, 1.165) is 28.6 Å². The number of hydrogen-bond donors (Lipinski definition) is 0. The molecule has 0 amide bonds. The molecule has 182 valence electrons. The molecule has 0 saturated carbocycles. The summed E-state index contributed by atoms with van der Waals surface area (Å²) < 4.78 is 30.8. The third-order valence-electron chi connectivity index (χ3n) is 7.79. The van der Waals surface area contributed by atoms with Crippen LogP contribution in [0.2, 0.25) is 0 Å². The highest BCUT2D eigenvalue weighted by atomic mass is 79.9. The van der Waals surface area contributed by atoms with Gasteiger partial charge in [0.15, 0.2) is 0 Å². The third kappa shape index (κ3) is 4.29. The first-order valence-corrected chi connectivity index (χ1v) is 15.5. The van der Waals surface area contributed by atoms with E-state index >= 15 is 0 Å². The Kier molecular flexibility index (Phi) is 6.34. The average molecular weight is 570 g/mol. The molecule has 0 aliphatic carbocycles. The second-order valence-corrected chi connectivity index (χ2v) is 13.9. The Morgan fingerprint density at radius 2 is 1.69 bits per heavy atom. The van der Waals surface area contributed by atoms with Gasteiger partial charge < -0.3 is 0 Å². The summed E-state index contributed by atoms with van der Waals surface area (Å²) in [5.41, 5.74) is 3.56. The molecule has 0 bridgehead atoms. The summed E-state index contributed by atoms with van der Waals surface area (Å²) >= 11 is 5.56. The molecule has 4 nitrogen and oxygen atoms in total. The molecule has 1 unspecified atom stereocenters. The highest BCUT2D eigenvalue weighted by Crippen LogP contribution is 2.54. The van der Waals surface area contributed by atoms with Gasteiger partial charge in [-0.25, -0.2) is 8.42 Å². The summed E-state index contributed by atoms with van der Waals surface area (Å²) in [5, 5.41) is 0.267. The van der Waals surface area contributed by atoms with E-state index < -0.39 is 10.0 Å². The molecule has 0 radical (unpaired) electrons. The highest BCUT2D eigenvalue weighted by molar-refractivity contribution is 9.10. The molecule has 3 aliphatic rings. The van der Waals surface area contributed by atoms with Crippen LogP contribution in [-0.4, -0.2) is 48.0 Å². The Hall–Kier alpha value is -1.64. The quantitative estimate of drug-likeness (QED) is 0.385. The molecule has 0 aromatic heterocycles. The van der Waals surface area contributed by atoms with E-state index in [0.29, 0.717) is 23.4 Å². The lowest BCUT2D eigenvalue weighted by atomic mass is 9.94. The molecule has 3 saturated heterocycles. The molecule has 3 aromatic rings. The SMILES string of the molecule is Cc1ccc(S(=O)(=O)N2C[C@H]3CC4CS[C@@H](c5ccc(Br)cc5)N4[C@H]3[C@@H]2Cc2ccccc2)cc1. The van der Waals surface area contributed by atoms with Crippen LogP contribution in [0, 0.1) is 12.8 Å². The Bertz CT molecular complexity index is 1300. The van der Waals surface area contributed by atoms with Crippen molar-refractivity contribution in [3.63, 3.8) is 0 Å². The van der Waals surface area contributed by atoms with Gasteiger partial charge in [-0.05, 0) is 61.1 Å². The van der Waals surface area contributed by atoms with Gasteiger partial charge in [0.25, 0.3) is 0 Å². The maximum absolute atomic E-state index is 14.0. The van der Waals surface area contributed by atoms with Crippen molar-refractivity contribution in [2.75, 3.05) is 12.3 Å². The fourth-order valence-electron chi connectivity index (χ4n) is 6.22. The van der Waals surface area contributed by atoms with Crippen molar-refractivity contribution in [2.45, 2.75) is 48.2 Å². The predicted molar refractivity (Wildman–Crippen MR) is 146 cm³/mol. The maximum Gasteiger partial charge on any atom is 0.243 e. The van der Waals surface area contributed by atoms with E-state index in [9.17, 15) is 8.42 Å². The van der Waals surface area contributed by atoms with Crippen molar-refractivity contribution in [1.82, 2.24) is 9.21 Å². The fourth-order valence-corrected chi connectivity index (χ4v) is 9.72. The number of rotatable bonds is 5. The van der Waals surface area contributed by atoms with Crippen LogP contribution in [0.5, 0.6) is 0 Å². The van der Waals surface area contributed by atoms with Gasteiger partial charge in [0.1, 0.15) is 0 Å². The zero-order valence-electron chi connectivity index (χ0n) is 19.6. The van der Waals surface area contributed by atoms with Gasteiger partial charge in [0.05, 0.1) is 10.3 Å². The third-order valence-corrected chi connectivity index (χ3v) is 11.6. The van der Waals surface area contributed by atoms with Crippen LogP contribution in [0.25, 0.3) is 0 Å². The second-order valence-electron chi connectivity index (χ2n) is 9.97. The van der Waals surface area contributed by atoms with E-state index in [4.69, 9.17) is 0 Å². The van der Waals surface area contributed by atoms with Crippen LogP contribution >= 0.6 is 27.7 Å². The van der Waals surface area contributed by atoms with E-state index in [-0.39, 0.29) is 17.5 Å². The first-order chi connectivity index (χ1) is 16.9. The number of benzene rings is 3. The largest absolute Gasteiger partial charge is 0.279 e. The molecule has 0 spiro atoms.